The van der Waals surface area contributed by atoms with E-state index in [9.17, 15) is 26.8 Å². The largest absolute Gasteiger partial charge is 0.354 e. The Morgan fingerprint density at radius 3 is 1.93 bits per heavy atom. The molecule has 1 N–H and O–H groups in total. The van der Waals surface area contributed by atoms with Gasteiger partial charge in [-0.3, -0.25) is 13.9 Å². The van der Waals surface area contributed by atoms with Crippen LogP contribution in [0.3, 0.4) is 0 Å². The fourth-order valence-electron chi connectivity index (χ4n) is 4.74. The van der Waals surface area contributed by atoms with Crippen LogP contribution in [0.4, 0.5) is 14.5 Å². The minimum atomic E-state index is -4.35. The van der Waals surface area contributed by atoms with Crippen LogP contribution in [0.2, 0.25) is 0 Å². The summed E-state index contributed by atoms with van der Waals surface area (Å²) in [6, 6.07) is 24.8. The van der Waals surface area contributed by atoms with Gasteiger partial charge < -0.3 is 10.2 Å². The van der Waals surface area contributed by atoms with E-state index in [2.05, 4.69) is 5.32 Å². The molecular formula is C35H37F2N3O4S. The third-order valence-electron chi connectivity index (χ3n) is 7.22. The fraction of sp³-hybridized carbons (Fsp3) is 0.257. The first-order chi connectivity index (χ1) is 21.4. The zero-order chi connectivity index (χ0) is 32.6. The molecule has 7 nitrogen and oxygen atoms in total. The zero-order valence-electron chi connectivity index (χ0n) is 25.5. The van der Waals surface area contributed by atoms with Crippen LogP contribution in [0.15, 0.2) is 108 Å². The number of hydrogen-bond acceptors (Lipinski definition) is 4. The van der Waals surface area contributed by atoms with E-state index in [1.165, 1.54) is 29.2 Å². The van der Waals surface area contributed by atoms with Crippen LogP contribution < -0.4 is 9.62 Å². The number of halogens is 2. The molecule has 0 aromatic heterocycles. The van der Waals surface area contributed by atoms with Crippen molar-refractivity contribution in [1.82, 2.24) is 10.2 Å². The number of hydrogen-bond donors (Lipinski definition) is 1. The Balaban J connectivity index is 1.79. The van der Waals surface area contributed by atoms with Gasteiger partial charge in [0.05, 0.1) is 10.6 Å². The highest BCUT2D eigenvalue weighted by Gasteiger charge is 2.34. The summed E-state index contributed by atoms with van der Waals surface area (Å²) in [6.45, 7) is 5.40. The average Bonchev–Trinajstić information content (AvgIpc) is 3.02. The standard InChI is InChI=1S/C35H37F2N3O4S/c1-25(2)22-38-35(42)33(21-27-7-5-4-6-8-27)39(23-28-11-13-29(36)14-12-28)34(41)24-40(31-17-9-26(3)10-18-31)45(43,44)32-19-15-30(37)16-20-32/h4-20,25,33H,21-24H2,1-3H3,(H,38,42)/t33-/m0/s1. The summed E-state index contributed by atoms with van der Waals surface area (Å²) in [7, 11) is -4.35. The molecule has 45 heavy (non-hydrogen) atoms. The Hall–Kier alpha value is -4.57. The number of sulfonamides is 1. The van der Waals surface area contributed by atoms with Gasteiger partial charge in [-0.1, -0.05) is 74.0 Å². The molecule has 4 aromatic rings. The molecule has 4 aromatic carbocycles. The Kier molecular flexibility index (Phi) is 11.1. The van der Waals surface area contributed by atoms with Gasteiger partial charge in [0.2, 0.25) is 11.8 Å². The summed E-state index contributed by atoms with van der Waals surface area (Å²) in [5, 5.41) is 2.93. The third-order valence-corrected chi connectivity index (χ3v) is 9.01. The van der Waals surface area contributed by atoms with Gasteiger partial charge in [-0.25, -0.2) is 17.2 Å². The quantitative estimate of drug-likeness (QED) is 0.199. The number of amides is 2. The maximum absolute atomic E-state index is 14.4. The Morgan fingerprint density at radius 2 is 1.36 bits per heavy atom. The summed E-state index contributed by atoms with van der Waals surface area (Å²) < 4.78 is 56.4. The van der Waals surface area contributed by atoms with Crippen LogP contribution in [0.1, 0.15) is 30.5 Å². The smallest absolute Gasteiger partial charge is 0.264 e. The first kappa shape index (κ1) is 33.3. The Morgan fingerprint density at radius 1 is 0.778 bits per heavy atom. The van der Waals surface area contributed by atoms with Crippen molar-refractivity contribution >= 4 is 27.5 Å². The molecule has 0 aliphatic carbocycles. The lowest BCUT2D eigenvalue weighted by atomic mass is 10.0. The number of rotatable bonds is 13. The molecule has 0 aliphatic heterocycles. The number of benzene rings is 4. The summed E-state index contributed by atoms with van der Waals surface area (Å²) >= 11 is 0. The predicted octanol–water partition coefficient (Wildman–Crippen LogP) is 5.88. The highest BCUT2D eigenvalue weighted by atomic mass is 32.2. The van der Waals surface area contributed by atoms with Crippen molar-refractivity contribution in [2.45, 2.75) is 44.7 Å². The van der Waals surface area contributed by atoms with Gasteiger partial charge >= 0.3 is 0 Å². The van der Waals surface area contributed by atoms with Gasteiger partial charge in [-0.2, -0.15) is 0 Å². The predicted molar refractivity (Wildman–Crippen MR) is 171 cm³/mol. The Bertz CT molecular complexity index is 1680. The summed E-state index contributed by atoms with van der Waals surface area (Å²) in [4.78, 5) is 29.3. The van der Waals surface area contributed by atoms with Crippen molar-refractivity contribution in [3.63, 3.8) is 0 Å². The summed E-state index contributed by atoms with van der Waals surface area (Å²) in [6.07, 6.45) is 0.160. The monoisotopic (exact) mass is 633 g/mol. The second kappa shape index (κ2) is 14.9. The molecule has 0 heterocycles. The van der Waals surface area contributed by atoms with Crippen molar-refractivity contribution in [2.75, 3.05) is 17.4 Å². The normalized spacial score (nSPS) is 12.0. The first-order valence-corrected chi connectivity index (χ1v) is 16.1. The van der Waals surface area contributed by atoms with E-state index in [1.54, 1.807) is 24.3 Å². The molecule has 0 unspecified atom stereocenters. The van der Waals surface area contributed by atoms with E-state index in [0.717, 1.165) is 39.7 Å². The van der Waals surface area contributed by atoms with E-state index in [4.69, 9.17) is 0 Å². The molecule has 4 rings (SSSR count). The van der Waals surface area contributed by atoms with Crippen LogP contribution in [0.25, 0.3) is 0 Å². The van der Waals surface area contributed by atoms with Crippen molar-refractivity contribution in [1.29, 1.82) is 0 Å². The molecule has 0 radical (unpaired) electrons. The van der Waals surface area contributed by atoms with Gasteiger partial charge in [0.15, 0.2) is 0 Å². The first-order valence-electron chi connectivity index (χ1n) is 14.6. The zero-order valence-corrected chi connectivity index (χ0v) is 26.3. The molecule has 236 valence electrons. The van der Waals surface area contributed by atoms with Crippen molar-refractivity contribution < 1.29 is 26.8 Å². The van der Waals surface area contributed by atoms with E-state index < -0.39 is 46.1 Å². The van der Waals surface area contributed by atoms with Gasteiger partial charge in [0.25, 0.3) is 10.0 Å². The topological polar surface area (TPSA) is 86.8 Å². The molecule has 10 heteroatoms. The molecular weight excluding hydrogens is 596 g/mol. The molecule has 0 spiro atoms. The maximum Gasteiger partial charge on any atom is 0.264 e. The number of carbonyl (C=O) groups is 2. The van der Waals surface area contributed by atoms with E-state index >= 15 is 0 Å². The summed E-state index contributed by atoms with van der Waals surface area (Å²) in [5.74, 6) is -1.96. The second-order valence-corrected chi connectivity index (χ2v) is 13.2. The van der Waals surface area contributed by atoms with Gasteiger partial charge in [-0.05, 0) is 72.5 Å². The van der Waals surface area contributed by atoms with Crippen LogP contribution >= 0.6 is 0 Å². The highest BCUT2D eigenvalue weighted by Crippen LogP contribution is 2.26. The van der Waals surface area contributed by atoms with Gasteiger partial charge in [0, 0.05) is 19.5 Å². The van der Waals surface area contributed by atoms with Gasteiger partial charge in [-0.15, -0.1) is 0 Å². The molecule has 0 saturated heterocycles. The molecule has 2 amide bonds. The second-order valence-electron chi connectivity index (χ2n) is 11.3. The minimum Gasteiger partial charge on any atom is -0.354 e. The number of nitrogens with one attached hydrogen (secondary N) is 1. The number of anilines is 1. The lowest BCUT2D eigenvalue weighted by Gasteiger charge is -2.34. The molecule has 0 saturated carbocycles. The Labute approximate surface area is 263 Å². The third kappa shape index (κ3) is 8.98. The molecule has 0 bridgehead atoms. The van der Waals surface area contributed by atoms with Crippen LogP contribution in [0, 0.1) is 24.5 Å². The van der Waals surface area contributed by atoms with Crippen LogP contribution in [0.5, 0.6) is 0 Å². The lowest BCUT2D eigenvalue weighted by Crippen LogP contribution is -2.53. The van der Waals surface area contributed by atoms with Crippen molar-refractivity contribution in [2.24, 2.45) is 5.92 Å². The number of aryl methyl sites for hydroxylation is 1. The van der Waals surface area contributed by atoms with Gasteiger partial charge in [0.1, 0.15) is 24.2 Å². The maximum atomic E-state index is 14.4. The molecule has 1 atom stereocenters. The molecule has 0 aliphatic rings. The summed E-state index contributed by atoms with van der Waals surface area (Å²) in [5.41, 5.74) is 2.46. The highest BCUT2D eigenvalue weighted by molar-refractivity contribution is 7.92. The van der Waals surface area contributed by atoms with E-state index in [-0.39, 0.29) is 29.5 Å². The number of nitrogens with zero attached hydrogens (tertiary/aromatic N) is 2. The van der Waals surface area contributed by atoms with Crippen molar-refractivity contribution in [3.05, 3.63) is 131 Å². The van der Waals surface area contributed by atoms with E-state index in [0.29, 0.717) is 12.1 Å². The van der Waals surface area contributed by atoms with Crippen LogP contribution in [-0.2, 0) is 32.6 Å². The fourth-order valence-corrected chi connectivity index (χ4v) is 6.15. The molecule has 0 fully saturated rings. The lowest BCUT2D eigenvalue weighted by molar-refractivity contribution is -0.140. The van der Waals surface area contributed by atoms with Crippen molar-refractivity contribution in [3.8, 4) is 0 Å². The van der Waals surface area contributed by atoms with Crippen LogP contribution in [-0.4, -0.2) is 44.3 Å². The number of carbonyl (C=O) groups excluding carboxylic acids is 2. The SMILES string of the molecule is Cc1ccc(N(CC(=O)N(Cc2ccc(F)cc2)[C@@H](Cc2ccccc2)C(=O)NCC(C)C)S(=O)(=O)c2ccc(F)cc2)cc1. The average molecular weight is 634 g/mol. The minimum absolute atomic E-state index is 0.0793. The van der Waals surface area contributed by atoms with E-state index in [1.807, 2.05) is 51.1 Å².